The number of fused-ring (bicyclic) bond motifs is 1. The van der Waals surface area contributed by atoms with Crippen LogP contribution in [-0.2, 0) is 20.7 Å². The summed E-state index contributed by atoms with van der Waals surface area (Å²) in [6.45, 7) is 3.97. The van der Waals surface area contributed by atoms with Gasteiger partial charge in [-0.1, -0.05) is 19.9 Å². The van der Waals surface area contributed by atoms with Crippen molar-refractivity contribution in [3.05, 3.63) is 48.2 Å². The van der Waals surface area contributed by atoms with Gasteiger partial charge in [0.2, 0.25) is 5.91 Å². The van der Waals surface area contributed by atoms with E-state index in [0.29, 0.717) is 23.6 Å². The maximum atomic E-state index is 13.2. The first kappa shape index (κ1) is 24.0. The number of Topliss-reactive ketones (excluding diaryl/α,β-unsaturated/α-hetero) is 1. The Morgan fingerprint density at radius 2 is 1.97 bits per heavy atom. The summed E-state index contributed by atoms with van der Waals surface area (Å²) in [5.74, 6) is -0.854. The molecular weight excluding hydrogens is 424 g/mol. The molecule has 0 radical (unpaired) electrons. The highest BCUT2D eigenvalue weighted by Gasteiger charge is 2.29. The number of carbonyl (C=O) groups excluding carboxylic acids is 3. The average molecular weight is 455 g/mol. The maximum Gasteiger partial charge on any atom is 0.328 e. The van der Waals surface area contributed by atoms with Crippen molar-refractivity contribution in [2.75, 3.05) is 14.2 Å². The van der Waals surface area contributed by atoms with E-state index in [9.17, 15) is 14.4 Å². The normalized spacial score (nSPS) is 13.0. The molecule has 0 spiro atoms. The number of aromatic nitrogens is 3. The molecule has 3 N–H and O–H groups in total. The Hall–Kier alpha value is -3.62. The van der Waals surface area contributed by atoms with Crippen LogP contribution in [0.2, 0.25) is 0 Å². The molecule has 0 saturated heterocycles. The van der Waals surface area contributed by atoms with Gasteiger partial charge >= 0.3 is 5.97 Å². The molecule has 2 atom stereocenters. The van der Waals surface area contributed by atoms with Crippen molar-refractivity contribution >= 4 is 28.6 Å². The zero-order valence-corrected chi connectivity index (χ0v) is 19.3. The molecule has 176 valence electrons. The Labute approximate surface area is 192 Å². The Kier molecular flexibility index (Phi) is 7.87. The van der Waals surface area contributed by atoms with E-state index in [1.807, 2.05) is 32.0 Å². The van der Waals surface area contributed by atoms with Crippen LogP contribution < -0.4 is 10.1 Å². The van der Waals surface area contributed by atoms with Crippen LogP contribution in [0.4, 0.5) is 0 Å². The lowest BCUT2D eigenvalue weighted by Gasteiger charge is -2.22. The largest absolute Gasteiger partial charge is 0.496 e. The Bertz CT molecular complexity index is 1100. The van der Waals surface area contributed by atoms with Gasteiger partial charge < -0.3 is 24.8 Å². The van der Waals surface area contributed by atoms with Gasteiger partial charge in [-0.15, -0.1) is 0 Å². The topological polar surface area (TPSA) is 126 Å². The van der Waals surface area contributed by atoms with Crippen molar-refractivity contribution in [1.82, 2.24) is 20.3 Å². The molecule has 0 aliphatic heterocycles. The summed E-state index contributed by atoms with van der Waals surface area (Å²) in [6, 6.07) is 6.39. The molecular formula is C24H30N4O5. The van der Waals surface area contributed by atoms with E-state index < -0.39 is 17.9 Å². The molecule has 0 aliphatic rings. The highest BCUT2D eigenvalue weighted by atomic mass is 16.5. The number of imidazole rings is 1. The minimum atomic E-state index is -0.884. The fraction of sp³-hybridized carbons (Fsp3) is 0.417. The van der Waals surface area contributed by atoms with E-state index in [1.54, 1.807) is 19.4 Å². The third-order valence-electron chi connectivity index (χ3n) is 5.48. The minimum absolute atomic E-state index is 0.0110. The van der Waals surface area contributed by atoms with Crippen LogP contribution in [0, 0.1) is 11.8 Å². The number of H-pyrrole nitrogens is 2. The van der Waals surface area contributed by atoms with Gasteiger partial charge in [0.15, 0.2) is 5.78 Å². The number of rotatable bonds is 11. The molecule has 0 aliphatic carbocycles. The number of esters is 1. The predicted molar refractivity (Wildman–Crippen MR) is 123 cm³/mol. The zero-order chi connectivity index (χ0) is 24.0. The first-order valence-corrected chi connectivity index (χ1v) is 10.9. The lowest BCUT2D eigenvalue weighted by molar-refractivity contribution is -0.145. The second-order valence-corrected chi connectivity index (χ2v) is 8.42. The van der Waals surface area contributed by atoms with Gasteiger partial charge in [-0.25, -0.2) is 9.78 Å². The second kappa shape index (κ2) is 10.8. The van der Waals surface area contributed by atoms with Gasteiger partial charge in [0.1, 0.15) is 11.8 Å². The van der Waals surface area contributed by atoms with Crippen molar-refractivity contribution < 1.29 is 23.9 Å². The summed E-state index contributed by atoms with van der Waals surface area (Å²) in [4.78, 5) is 48.5. The Morgan fingerprint density at radius 3 is 2.61 bits per heavy atom. The molecule has 1 aromatic carbocycles. The molecule has 2 heterocycles. The standard InChI is InChI=1S/C24H30N4O5/c1-14(2)8-15(23(30)28-20(24(31)33-4)10-16-12-25-13-26-16)9-21(29)19-11-17-18(27-19)6-5-7-22(17)32-3/h5-7,11-15,20,27H,8-10H2,1-4H3,(H,25,26)(H,28,30)/t15-,20+/m1/s1. The van der Waals surface area contributed by atoms with Crippen LogP contribution in [0.5, 0.6) is 5.75 Å². The monoisotopic (exact) mass is 454 g/mol. The molecule has 1 amide bonds. The van der Waals surface area contributed by atoms with E-state index in [0.717, 1.165) is 10.9 Å². The summed E-state index contributed by atoms with van der Waals surface area (Å²) in [7, 11) is 2.85. The SMILES string of the molecule is COC(=O)[C@H](Cc1cnc[nH]1)NC(=O)[C@@H](CC(=O)c1cc2c(OC)cccc2[nH]1)CC(C)C. The number of methoxy groups -OCH3 is 2. The number of nitrogens with one attached hydrogen (secondary N) is 3. The number of benzene rings is 1. The molecule has 0 bridgehead atoms. The number of hydrogen-bond donors (Lipinski definition) is 3. The number of hydrogen-bond acceptors (Lipinski definition) is 6. The van der Waals surface area contributed by atoms with E-state index in [4.69, 9.17) is 9.47 Å². The molecule has 0 unspecified atom stereocenters. The lowest BCUT2D eigenvalue weighted by Crippen LogP contribution is -2.46. The molecule has 3 aromatic rings. The van der Waals surface area contributed by atoms with Crippen LogP contribution in [0.3, 0.4) is 0 Å². The van der Waals surface area contributed by atoms with Crippen LogP contribution >= 0.6 is 0 Å². The fourth-order valence-electron chi connectivity index (χ4n) is 3.88. The van der Waals surface area contributed by atoms with Crippen molar-refractivity contribution in [2.24, 2.45) is 11.8 Å². The first-order chi connectivity index (χ1) is 15.8. The number of ether oxygens (including phenoxy) is 2. The zero-order valence-electron chi connectivity index (χ0n) is 19.3. The van der Waals surface area contributed by atoms with Gasteiger partial charge in [0.25, 0.3) is 0 Å². The summed E-state index contributed by atoms with van der Waals surface area (Å²) in [5.41, 5.74) is 1.89. The first-order valence-electron chi connectivity index (χ1n) is 10.9. The molecule has 9 nitrogen and oxygen atoms in total. The van der Waals surface area contributed by atoms with E-state index >= 15 is 0 Å². The third kappa shape index (κ3) is 6.00. The van der Waals surface area contributed by atoms with Crippen molar-refractivity contribution in [2.45, 2.75) is 39.2 Å². The third-order valence-corrected chi connectivity index (χ3v) is 5.48. The Balaban J connectivity index is 1.77. The quantitative estimate of drug-likeness (QED) is 0.302. The highest BCUT2D eigenvalue weighted by molar-refractivity contribution is 6.02. The van der Waals surface area contributed by atoms with Crippen LogP contribution in [0.15, 0.2) is 36.8 Å². The molecule has 2 aromatic heterocycles. The van der Waals surface area contributed by atoms with E-state index in [2.05, 4.69) is 20.3 Å². The lowest BCUT2D eigenvalue weighted by atomic mass is 9.90. The highest BCUT2D eigenvalue weighted by Crippen LogP contribution is 2.27. The van der Waals surface area contributed by atoms with E-state index in [1.165, 1.54) is 13.4 Å². The van der Waals surface area contributed by atoms with Crippen molar-refractivity contribution in [1.29, 1.82) is 0 Å². The fourth-order valence-corrected chi connectivity index (χ4v) is 3.88. The molecule has 3 rings (SSSR count). The summed E-state index contributed by atoms with van der Waals surface area (Å²) >= 11 is 0. The van der Waals surface area contributed by atoms with E-state index in [-0.39, 0.29) is 30.4 Å². The van der Waals surface area contributed by atoms with Crippen molar-refractivity contribution in [3.63, 3.8) is 0 Å². The summed E-state index contributed by atoms with van der Waals surface area (Å²) in [6.07, 6.45) is 3.81. The van der Waals surface area contributed by atoms with Gasteiger partial charge in [0.05, 0.1) is 26.2 Å². The minimum Gasteiger partial charge on any atom is -0.496 e. The summed E-state index contributed by atoms with van der Waals surface area (Å²) in [5, 5.41) is 3.57. The van der Waals surface area contributed by atoms with Gasteiger partial charge in [-0.2, -0.15) is 0 Å². The molecule has 33 heavy (non-hydrogen) atoms. The number of nitrogens with zero attached hydrogens (tertiary/aromatic N) is 1. The van der Waals surface area contributed by atoms with Gasteiger partial charge in [-0.05, 0) is 30.5 Å². The smallest absolute Gasteiger partial charge is 0.328 e. The van der Waals surface area contributed by atoms with Gasteiger partial charge in [0, 0.05) is 41.6 Å². The average Bonchev–Trinajstić information content (AvgIpc) is 3.46. The molecule has 0 fully saturated rings. The number of amides is 1. The maximum absolute atomic E-state index is 13.2. The Morgan fingerprint density at radius 1 is 1.18 bits per heavy atom. The summed E-state index contributed by atoms with van der Waals surface area (Å²) < 4.78 is 10.2. The molecule has 0 saturated carbocycles. The second-order valence-electron chi connectivity index (χ2n) is 8.42. The van der Waals surface area contributed by atoms with Crippen LogP contribution in [0.25, 0.3) is 10.9 Å². The van der Waals surface area contributed by atoms with Gasteiger partial charge in [-0.3, -0.25) is 9.59 Å². The molecule has 9 heteroatoms. The van der Waals surface area contributed by atoms with Crippen molar-refractivity contribution in [3.8, 4) is 5.75 Å². The number of aromatic amines is 2. The van der Waals surface area contributed by atoms with Crippen LogP contribution in [0.1, 0.15) is 42.9 Å². The predicted octanol–water partition coefficient (Wildman–Crippen LogP) is 3.04. The number of ketones is 1. The number of carbonyl (C=O) groups is 3. The van der Waals surface area contributed by atoms with Crippen LogP contribution in [-0.4, -0.2) is 52.9 Å².